The highest BCUT2D eigenvalue weighted by Crippen LogP contribution is 2.19. The van der Waals surface area contributed by atoms with E-state index < -0.39 is 0 Å². The summed E-state index contributed by atoms with van der Waals surface area (Å²) in [6.07, 6.45) is 4.91. The van der Waals surface area contributed by atoms with Gasteiger partial charge in [-0.25, -0.2) is 0 Å². The second kappa shape index (κ2) is 7.46. The number of likely N-dealkylation sites (N-methyl/N-ethyl adjacent to an activating group) is 1. The van der Waals surface area contributed by atoms with E-state index in [1.165, 1.54) is 24.0 Å². The molecule has 20 heavy (non-hydrogen) atoms. The SMILES string of the molecule is CC(=Cc1ccc(OCCN(C)C)cc1)CNC1CC1. The summed E-state index contributed by atoms with van der Waals surface area (Å²) >= 11 is 0. The third-order valence-electron chi connectivity index (χ3n) is 3.35. The average Bonchev–Trinajstić information content (AvgIpc) is 3.22. The van der Waals surface area contributed by atoms with Gasteiger partial charge in [-0.2, -0.15) is 0 Å². The van der Waals surface area contributed by atoms with Crippen LogP contribution in [0.15, 0.2) is 29.8 Å². The monoisotopic (exact) mass is 274 g/mol. The zero-order chi connectivity index (χ0) is 14.4. The van der Waals surface area contributed by atoms with Gasteiger partial charge in [0.1, 0.15) is 12.4 Å². The summed E-state index contributed by atoms with van der Waals surface area (Å²) in [6.45, 7) is 4.84. The van der Waals surface area contributed by atoms with E-state index in [9.17, 15) is 0 Å². The van der Waals surface area contributed by atoms with Crippen LogP contribution in [0.25, 0.3) is 6.08 Å². The molecule has 0 bridgehead atoms. The van der Waals surface area contributed by atoms with Gasteiger partial charge in [-0.1, -0.05) is 23.8 Å². The Morgan fingerprint density at radius 1 is 1.30 bits per heavy atom. The molecule has 0 radical (unpaired) electrons. The molecular formula is C17H26N2O. The van der Waals surface area contributed by atoms with Crippen LogP contribution in [-0.4, -0.2) is 44.7 Å². The Kier molecular flexibility index (Phi) is 5.62. The van der Waals surface area contributed by atoms with Crippen molar-refractivity contribution in [3.8, 4) is 5.75 Å². The van der Waals surface area contributed by atoms with E-state index in [1.807, 2.05) is 12.1 Å². The Labute approximate surface area is 122 Å². The number of nitrogens with one attached hydrogen (secondary N) is 1. The molecule has 3 nitrogen and oxygen atoms in total. The molecule has 1 aliphatic carbocycles. The first-order valence-electron chi connectivity index (χ1n) is 7.41. The maximum atomic E-state index is 5.69. The summed E-state index contributed by atoms with van der Waals surface area (Å²) in [4.78, 5) is 2.12. The van der Waals surface area contributed by atoms with Crippen molar-refractivity contribution in [1.29, 1.82) is 0 Å². The minimum atomic E-state index is 0.729. The summed E-state index contributed by atoms with van der Waals surface area (Å²) in [6, 6.07) is 9.09. The quantitative estimate of drug-likeness (QED) is 0.789. The zero-order valence-corrected chi connectivity index (χ0v) is 12.9. The Morgan fingerprint density at radius 2 is 2.00 bits per heavy atom. The summed E-state index contributed by atoms with van der Waals surface area (Å²) in [7, 11) is 4.10. The van der Waals surface area contributed by atoms with E-state index in [0.29, 0.717) is 0 Å². The molecule has 0 aromatic heterocycles. The van der Waals surface area contributed by atoms with Crippen LogP contribution >= 0.6 is 0 Å². The first-order chi connectivity index (χ1) is 9.63. The highest BCUT2D eigenvalue weighted by molar-refractivity contribution is 5.53. The predicted molar refractivity (Wildman–Crippen MR) is 85.2 cm³/mol. The van der Waals surface area contributed by atoms with Gasteiger partial charge < -0.3 is 15.0 Å². The molecule has 0 heterocycles. The number of benzene rings is 1. The summed E-state index contributed by atoms with van der Waals surface area (Å²) in [5.41, 5.74) is 2.61. The minimum absolute atomic E-state index is 0.729. The van der Waals surface area contributed by atoms with Crippen molar-refractivity contribution in [3.05, 3.63) is 35.4 Å². The molecule has 1 fully saturated rings. The van der Waals surface area contributed by atoms with E-state index in [0.717, 1.165) is 31.5 Å². The van der Waals surface area contributed by atoms with Gasteiger partial charge in [-0.3, -0.25) is 0 Å². The molecule has 0 unspecified atom stereocenters. The molecule has 0 aliphatic heterocycles. The minimum Gasteiger partial charge on any atom is -0.492 e. The van der Waals surface area contributed by atoms with E-state index in [4.69, 9.17) is 4.74 Å². The molecule has 110 valence electrons. The molecule has 3 heteroatoms. The van der Waals surface area contributed by atoms with E-state index in [2.05, 4.69) is 49.4 Å². The van der Waals surface area contributed by atoms with Gasteiger partial charge in [0.2, 0.25) is 0 Å². The molecule has 0 saturated heterocycles. The van der Waals surface area contributed by atoms with Gasteiger partial charge >= 0.3 is 0 Å². The van der Waals surface area contributed by atoms with Crippen molar-refractivity contribution in [2.75, 3.05) is 33.8 Å². The molecule has 1 N–H and O–H groups in total. The van der Waals surface area contributed by atoms with Crippen molar-refractivity contribution < 1.29 is 4.74 Å². The second-order valence-corrected chi connectivity index (χ2v) is 5.87. The van der Waals surface area contributed by atoms with Crippen molar-refractivity contribution in [1.82, 2.24) is 10.2 Å². The molecule has 0 amide bonds. The van der Waals surface area contributed by atoms with Crippen LogP contribution in [0.4, 0.5) is 0 Å². The Morgan fingerprint density at radius 3 is 2.60 bits per heavy atom. The first-order valence-corrected chi connectivity index (χ1v) is 7.41. The van der Waals surface area contributed by atoms with E-state index in [-0.39, 0.29) is 0 Å². The fraction of sp³-hybridized carbons (Fsp3) is 0.529. The largest absolute Gasteiger partial charge is 0.492 e. The molecule has 2 rings (SSSR count). The zero-order valence-electron chi connectivity index (χ0n) is 12.9. The highest BCUT2D eigenvalue weighted by atomic mass is 16.5. The van der Waals surface area contributed by atoms with Crippen LogP contribution in [0.2, 0.25) is 0 Å². The number of nitrogens with zero attached hydrogens (tertiary/aromatic N) is 1. The lowest BCUT2D eigenvalue weighted by atomic mass is 10.1. The van der Waals surface area contributed by atoms with Crippen molar-refractivity contribution in [2.24, 2.45) is 0 Å². The summed E-state index contributed by atoms with van der Waals surface area (Å²) < 4.78 is 5.69. The standard InChI is InChI=1S/C17H26N2O/c1-14(13-18-16-6-7-16)12-15-4-8-17(9-5-15)20-11-10-19(2)3/h4-5,8-9,12,16,18H,6-7,10-11,13H2,1-3H3. The summed E-state index contributed by atoms with van der Waals surface area (Å²) in [5.74, 6) is 0.942. The Bertz CT molecular complexity index is 433. The van der Waals surface area contributed by atoms with Crippen LogP contribution in [-0.2, 0) is 0 Å². The number of hydrogen-bond donors (Lipinski definition) is 1. The molecule has 1 aliphatic rings. The molecule has 0 atom stereocenters. The Hall–Kier alpha value is -1.32. The molecule has 1 aromatic rings. The van der Waals surface area contributed by atoms with Crippen LogP contribution in [0.3, 0.4) is 0 Å². The fourth-order valence-corrected chi connectivity index (χ4v) is 1.93. The van der Waals surface area contributed by atoms with Gasteiger partial charge in [0.15, 0.2) is 0 Å². The predicted octanol–water partition coefficient (Wildman–Crippen LogP) is 2.78. The first kappa shape index (κ1) is 15.1. The van der Waals surface area contributed by atoms with Crippen LogP contribution in [0, 0.1) is 0 Å². The van der Waals surface area contributed by atoms with Gasteiger partial charge in [-0.15, -0.1) is 0 Å². The molecular weight excluding hydrogens is 248 g/mol. The molecule has 0 spiro atoms. The van der Waals surface area contributed by atoms with Crippen molar-refractivity contribution in [3.63, 3.8) is 0 Å². The average molecular weight is 274 g/mol. The number of ether oxygens (including phenoxy) is 1. The summed E-state index contributed by atoms with van der Waals surface area (Å²) in [5, 5.41) is 3.53. The topological polar surface area (TPSA) is 24.5 Å². The highest BCUT2D eigenvalue weighted by Gasteiger charge is 2.19. The number of hydrogen-bond acceptors (Lipinski definition) is 3. The smallest absolute Gasteiger partial charge is 0.119 e. The molecule has 1 aromatic carbocycles. The molecule has 1 saturated carbocycles. The lowest BCUT2D eigenvalue weighted by Crippen LogP contribution is -2.19. The maximum absolute atomic E-state index is 5.69. The van der Waals surface area contributed by atoms with Crippen molar-refractivity contribution >= 4 is 6.08 Å². The van der Waals surface area contributed by atoms with Crippen LogP contribution in [0.1, 0.15) is 25.3 Å². The van der Waals surface area contributed by atoms with Crippen LogP contribution in [0.5, 0.6) is 5.75 Å². The number of rotatable bonds is 8. The van der Waals surface area contributed by atoms with Crippen LogP contribution < -0.4 is 10.1 Å². The van der Waals surface area contributed by atoms with Gasteiger partial charge in [-0.05, 0) is 51.6 Å². The normalized spacial score (nSPS) is 15.7. The van der Waals surface area contributed by atoms with Gasteiger partial charge in [0.25, 0.3) is 0 Å². The third-order valence-corrected chi connectivity index (χ3v) is 3.35. The third kappa shape index (κ3) is 5.76. The maximum Gasteiger partial charge on any atom is 0.119 e. The van der Waals surface area contributed by atoms with E-state index in [1.54, 1.807) is 0 Å². The fourth-order valence-electron chi connectivity index (χ4n) is 1.93. The van der Waals surface area contributed by atoms with E-state index >= 15 is 0 Å². The lowest BCUT2D eigenvalue weighted by Gasteiger charge is -2.11. The second-order valence-electron chi connectivity index (χ2n) is 5.87. The lowest BCUT2D eigenvalue weighted by molar-refractivity contribution is 0.261. The van der Waals surface area contributed by atoms with Crippen molar-refractivity contribution in [2.45, 2.75) is 25.8 Å². The van der Waals surface area contributed by atoms with Gasteiger partial charge in [0, 0.05) is 19.1 Å². The van der Waals surface area contributed by atoms with Gasteiger partial charge in [0.05, 0.1) is 0 Å². The Balaban J connectivity index is 1.78.